The van der Waals surface area contributed by atoms with E-state index in [0.29, 0.717) is 0 Å². The van der Waals surface area contributed by atoms with Gasteiger partial charge < -0.3 is 4.90 Å². The molecule has 1 aromatic rings. The molecule has 0 bridgehead atoms. The summed E-state index contributed by atoms with van der Waals surface area (Å²) in [5.74, 6) is -15.4. The van der Waals surface area contributed by atoms with Gasteiger partial charge in [-0.05, 0) is 24.3 Å². The third kappa shape index (κ3) is 3.24. The molecule has 1 fully saturated rings. The molecule has 1 aromatic carbocycles. The zero-order chi connectivity index (χ0) is 20.1. The topological polar surface area (TPSA) is 54.5 Å². The Morgan fingerprint density at radius 2 is 1.46 bits per heavy atom. The summed E-state index contributed by atoms with van der Waals surface area (Å²) in [6.07, 6.45) is -6.65. The second kappa shape index (κ2) is 6.25. The van der Waals surface area contributed by atoms with Crippen molar-refractivity contribution in [1.29, 1.82) is 0 Å². The van der Waals surface area contributed by atoms with E-state index >= 15 is 0 Å². The van der Waals surface area contributed by atoms with Crippen molar-refractivity contribution < 1.29 is 43.9 Å². The van der Waals surface area contributed by atoms with Gasteiger partial charge in [-0.25, -0.2) is 8.42 Å². The van der Waals surface area contributed by atoms with E-state index in [4.69, 9.17) is 11.6 Å². The van der Waals surface area contributed by atoms with Gasteiger partial charge in [0.2, 0.25) is 0 Å². The normalized spacial score (nSPS) is 17.2. The summed E-state index contributed by atoms with van der Waals surface area (Å²) in [6.45, 7) is -1.87. The number of benzene rings is 1. The molecule has 13 heteroatoms. The second-order valence-electron chi connectivity index (χ2n) is 5.48. The molecule has 1 aliphatic rings. The summed E-state index contributed by atoms with van der Waals surface area (Å²) in [5.41, 5.74) is 0. The molecule has 0 unspecified atom stereocenters. The molecule has 1 amide bonds. The number of likely N-dealkylation sites (tertiary alicyclic amines) is 1. The van der Waals surface area contributed by atoms with Gasteiger partial charge in [-0.3, -0.25) is 4.79 Å². The first kappa shape index (κ1) is 20.7. The summed E-state index contributed by atoms with van der Waals surface area (Å²) in [5, 5.41) is -1.20. The van der Waals surface area contributed by atoms with E-state index in [2.05, 4.69) is 0 Å². The molecule has 146 valence electrons. The molecular weight excluding hydrogens is 419 g/mol. The van der Waals surface area contributed by atoms with Crippen molar-refractivity contribution in [2.75, 3.05) is 13.1 Å². The molecule has 1 heterocycles. The van der Waals surface area contributed by atoms with Crippen LogP contribution in [-0.2, 0) is 14.6 Å². The van der Waals surface area contributed by atoms with E-state index in [1.807, 2.05) is 0 Å². The Morgan fingerprint density at radius 3 is 1.88 bits per heavy atom. The molecule has 0 N–H and O–H groups in total. The first-order chi connectivity index (χ1) is 11.6. The molecule has 0 spiro atoms. The molecule has 2 rings (SSSR count). The number of hydrogen-bond acceptors (Lipinski definition) is 3. The van der Waals surface area contributed by atoms with E-state index in [1.165, 1.54) is 12.1 Å². The lowest BCUT2D eigenvalue weighted by Gasteiger charge is -2.41. The molecule has 0 aromatic heterocycles. The van der Waals surface area contributed by atoms with Gasteiger partial charge in [0, 0.05) is 18.1 Å². The van der Waals surface area contributed by atoms with Gasteiger partial charge in [0.25, 0.3) is 5.91 Å². The highest BCUT2D eigenvalue weighted by Gasteiger charge is 2.77. The molecular formula is C13H9ClF7NO3S. The highest BCUT2D eigenvalue weighted by Crippen LogP contribution is 2.47. The molecule has 0 aliphatic carbocycles. The van der Waals surface area contributed by atoms with E-state index < -0.39 is 52.1 Å². The first-order valence-corrected chi connectivity index (χ1v) is 8.66. The fraction of sp³-hybridized carbons (Fsp3) is 0.462. The maximum atomic E-state index is 13.3. The summed E-state index contributed by atoms with van der Waals surface area (Å²) in [6, 6.07) is 4.67. The van der Waals surface area contributed by atoms with Crippen LogP contribution in [0.5, 0.6) is 0 Å². The summed E-state index contributed by atoms with van der Waals surface area (Å²) in [7, 11) is -4.10. The van der Waals surface area contributed by atoms with Gasteiger partial charge in [-0.2, -0.15) is 30.7 Å². The number of halogens is 8. The quantitative estimate of drug-likeness (QED) is 0.694. The van der Waals surface area contributed by atoms with E-state index in [0.717, 1.165) is 12.1 Å². The highest BCUT2D eigenvalue weighted by atomic mass is 35.5. The maximum absolute atomic E-state index is 13.3. The van der Waals surface area contributed by atoms with Gasteiger partial charge in [0.1, 0.15) is 5.25 Å². The Bertz CT molecular complexity index is 802. The van der Waals surface area contributed by atoms with Crippen molar-refractivity contribution in [1.82, 2.24) is 4.90 Å². The van der Waals surface area contributed by atoms with Gasteiger partial charge in [-0.1, -0.05) is 11.6 Å². The van der Waals surface area contributed by atoms with Gasteiger partial charge in [-0.15, -0.1) is 0 Å². The van der Waals surface area contributed by atoms with Crippen LogP contribution in [0.1, 0.15) is 0 Å². The lowest BCUT2D eigenvalue weighted by atomic mass is 10.1. The van der Waals surface area contributed by atoms with Crippen LogP contribution in [0.4, 0.5) is 30.7 Å². The molecule has 1 aliphatic heterocycles. The van der Waals surface area contributed by atoms with Crippen LogP contribution in [-0.4, -0.2) is 55.6 Å². The zero-order valence-electron chi connectivity index (χ0n) is 12.4. The monoisotopic (exact) mass is 427 g/mol. The van der Waals surface area contributed by atoms with Gasteiger partial charge >= 0.3 is 18.0 Å². The summed E-state index contributed by atoms with van der Waals surface area (Å²) < 4.78 is 113. The Kier molecular flexibility index (Phi) is 4.99. The minimum Gasteiger partial charge on any atom is -0.334 e. The fourth-order valence-electron chi connectivity index (χ4n) is 2.13. The fourth-order valence-corrected chi connectivity index (χ4v) is 3.91. The van der Waals surface area contributed by atoms with E-state index in [-0.39, 0.29) is 14.8 Å². The van der Waals surface area contributed by atoms with Crippen molar-refractivity contribution in [2.45, 2.75) is 28.2 Å². The van der Waals surface area contributed by atoms with Crippen molar-refractivity contribution in [2.24, 2.45) is 0 Å². The number of sulfone groups is 1. The summed E-state index contributed by atoms with van der Waals surface area (Å²) in [4.78, 5) is 11.1. The van der Waals surface area contributed by atoms with Crippen molar-refractivity contribution in [3.05, 3.63) is 29.3 Å². The number of carbonyl (C=O) groups excluding carboxylic acids is 1. The largest absolute Gasteiger partial charge is 0.460 e. The minimum atomic E-state index is -6.65. The SMILES string of the molecule is O=C(N1CC(S(=O)(=O)c2ccc(Cl)cc2)C1)C(F)(F)C(F)(F)C(F)(F)F. The summed E-state index contributed by atoms with van der Waals surface area (Å²) >= 11 is 5.59. The van der Waals surface area contributed by atoms with Crippen LogP contribution in [0.25, 0.3) is 0 Å². The molecule has 26 heavy (non-hydrogen) atoms. The first-order valence-electron chi connectivity index (χ1n) is 6.73. The Hall–Kier alpha value is -1.56. The predicted octanol–water partition coefficient (Wildman–Crippen LogP) is 3.16. The Balaban J connectivity index is 2.14. The predicted molar refractivity (Wildman–Crippen MR) is 75.0 cm³/mol. The van der Waals surface area contributed by atoms with Crippen LogP contribution < -0.4 is 0 Å². The van der Waals surface area contributed by atoms with Crippen molar-refractivity contribution in [3.8, 4) is 0 Å². The number of rotatable bonds is 4. The second-order valence-corrected chi connectivity index (χ2v) is 8.14. The Morgan fingerprint density at radius 1 is 1.00 bits per heavy atom. The third-order valence-electron chi connectivity index (χ3n) is 3.74. The highest BCUT2D eigenvalue weighted by molar-refractivity contribution is 7.92. The van der Waals surface area contributed by atoms with Crippen LogP contribution in [0.2, 0.25) is 5.02 Å². The van der Waals surface area contributed by atoms with Gasteiger partial charge in [0.05, 0.1) is 4.90 Å². The van der Waals surface area contributed by atoms with Crippen LogP contribution >= 0.6 is 11.6 Å². The van der Waals surface area contributed by atoms with Crippen molar-refractivity contribution in [3.63, 3.8) is 0 Å². The Labute approximate surface area is 147 Å². The number of carbonyl (C=O) groups is 1. The lowest BCUT2D eigenvalue weighted by Crippen LogP contribution is -2.66. The van der Waals surface area contributed by atoms with Crippen LogP contribution in [0.15, 0.2) is 29.2 Å². The van der Waals surface area contributed by atoms with Crippen molar-refractivity contribution >= 4 is 27.3 Å². The standard InChI is InChI=1S/C13H9ClF7NO3S/c14-7-1-3-8(4-2-7)26(24,25)9-5-22(6-9)10(23)11(15,16)12(17,18)13(19,20)21/h1-4,9H,5-6H2. The van der Waals surface area contributed by atoms with Gasteiger partial charge in [0.15, 0.2) is 9.84 Å². The smallest absolute Gasteiger partial charge is 0.334 e. The minimum absolute atomic E-state index is 0.0578. The maximum Gasteiger partial charge on any atom is 0.460 e. The number of amides is 1. The third-order valence-corrected chi connectivity index (χ3v) is 6.09. The number of nitrogens with zero attached hydrogens (tertiary/aromatic N) is 1. The molecule has 4 nitrogen and oxygen atoms in total. The average molecular weight is 428 g/mol. The number of hydrogen-bond donors (Lipinski definition) is 0. The van der Waals surface area contributed by atoms with E-state index in [1.54, 1.807) is 0 Å². The number of alkyl halides is 7. The van der Waals surface area contributed by atoms with E-state index in [9.17, 15) is 43.9 Å². The lowest BCUT2D eigenvalue weighted by molar-refractivity contribution is -0.346. The molecule has 0 atom stereocenters. The average Bonchev–Trinajstić information content (AvgIpc) is 2.44. The zero-order valence-corrected chi connectivity index (χ0v) is 14.0. The van der Waals surface area contributed by atoms with Crippen LogP contribution in [0, 0.1) is 0 Å². The molecule has 0 saturated carbocycles. The molecule has 1 saturated heterocycles. The van der Waals surface area contributed by atoms with Crippen LogP contribution in [0.3, 0.4) is 0 Å². The molecule has 0 radical (unpaired) electrons.